The fourth-order valence-electron chi connectivity index (χ4n) is 1.63. The molecular formula is C12H13N3O. The molecule has 0 aliphatic carbocycles. The second-order valence-corrected chi connectivity index (χ2v) is 3.77. The quantitative estimate of drug-likeness (QED) is 0.850. The molecule has 0 fully saturated rings. The molecule has 4 nitrogen and oxygen atoms in total. The fraction of sp³-hybridized carbons (Fsp3) is 0.250. The minimum atomic E-state index is 0.107. The molecule has 2 heterocycles. The van der Waals surface area contributed by atoms with E-state index in [1.54, 1.807) is 19.3 Å². The van der Waals surface area contributed by atoms with Crippen LogP contribution in [-0.2, 0) is 11.2 Å². The van der Waals surface area contributed by atoms with Crippen molar-refractivity contribution in [2.45, 2.75) is 20.3 Å². The Labute approximate surface area is 93.8 Å². The number of Topliss-reactive ketones (excluding diaryl/α,β-unsaturated/α-hetero) is 1. The Bertz CT molecular complexity index is 502. The van der Waals surface area contributed by atoms with Gasteiger partial charge in [-0.25, -0.2) is 4.98 Å². The van der Waals surface area contributed by atoms with Crippen LogP contribution in [0.25, 0.3) is 11.3 Å². The van der Waals surface area contributed by atoms with Crippen LogP contribution in [0.4, 0.5) is 0 Å². The molecule has 1 N–H and O–H groups in total. The van der Waals surface area contributed by atoms with E-state index < -0.39 is 0 Å². The summed E-state index contributed by atoms with van der Waals surface area (Å²) in [4.78, 5) is 22.5. The molecule has 0 aliphatic rings. The van der Waals surface area contributed by atoms with Gasteiger partial charge in [0.2, 0.25) is 0 Å². The van der Waals surface area contributed by atoms with Gasteiger partial charge in [0.15, 0.2) is 0 Å². The summed E-state index contributed by atoms with van der Waals surface area (Å²) in [6, 6.07) is 3.81. The third-order valence-corrected chi connectivity index (χ3v) is 2.30. The minimum Gasteiger partial charge on any atom is -0.345 e. The van der Waals surface area contributed by atoms with Crippen LogP contribution in [0.3, 0.4) is 0 Å². The van der Waals surface area contributed by atoms with Crippen molar-refractivity contribution >= 4 is 5.78 Å². The Kier molecular flexibility index (Phi) is 2.81. The number of nitrogens with zero attached hydrogens (tertiary/aromatic N) is 2. The maximum absolute atomic E-state index is 11.0. The first kappa shape index (κ1) is 10.5. The van der Waals surface area contributed by atoms with Gasteiger partial charge in [-0.3, -0.25) is 9.78 Å². The summed E-state index contributed by atoms with van der Waals surface area (Å²) in [5.41, 5.74) is 2.87. The molecular weight excluding hydrogens is 202 g/mol. The van der Waals surface area contributed by atoms with E-state index in [0.717, 1.165) is 22.8 Å². The molecule has 0 atom stereocenters. The number of ketones is 1. The molecule has 16 heavy (non-hydrogen) atoms. The molecule has 0 aromatic carbocycles. The maximum atomic E-state index is 11.0. The van der Waals surface area contributed by atoms with Crippen molar-refractivity contribution in [3.63, 3.8) is 0 Å². The van der Waals surface area contributed by atoms with Crippen LogP contribution in [-0.4, -0.2) is 20.7 Å². The van der Waals surface area contributed by atoms with Gasteiger partial charge in [-0.05, 0) is 26.0 Å². The van der Waals surface area contributed by atoms with Gasteiger partial charge in [-0.1, -0.05) is 0 Å². The third kappa shape index (κ3) is 2.16. The van der Waals surface area contributed by atoms with Gasteiger partial charge < -0.3 is 4.98 Å². The van der Waals surface area contributed by atoms with E-state index in [1.807, 2.05) is 19.1 Å². The van der Waals surface area contributed by atoms with E-state index in [4.69, 9.17) is 0 Å². The molecule has 0 aliphatic heterocycles. The number of pyridine rings is 1. The molecule has 4 heteroatoms. The molecule has 0 amide bonds. The molecule has 0 bridgehead atoms. The first-order chi connectivity index (χ1) is 7.66. The van der Waals surface area contributed by atoms with E-state index in [0.29, 0.717) is 6.42 Å². The van der Waals surface area contributed by atoms with E-state index >= 15 is 0 Å². The van der Waals surface area contributed by atoms with E-state index in [-0.39, 0.29) is 5.78 Å². The number of aromatic amines is 1. The van der Waals surface area contributed by atoms with Crippen molar-refractivity contribution in [1.29, 1.82) is 0 Å². The van der Waals surface area contributed by atoms with Crippen molar-refractivity contribution in [2.24, 2.45) is 0 Å². The molecule has 0 unspecified atom stereocenters. The van der Waals surface area contributed by atoms with E-state index in [2.05, 4.69) is 15.0 Å². The highest BCUT2D eigenvalue weighted by Gasteiger charge is 2.09. The molecule has 2 rings (SSSR count). The number of carbonyl (C=O) groups excluding carboxylic acids is 1. The summed E-state index contributed by atoms with van der Waals surface area (Å²) in [6.07, 6.45) is 3.81. The molecule has 82 valence electrons. The van der Waals surface area contributed by atoms with Crippen LogP contribution in [0.5, 0.6) is 0 Å². The highest BCUT2D eigenvalue weighted by atomic mass is 16.1. The van der Waals surface area contributed by atoms with Gasteiger partial charge in [0.05, 0.1) is 12.1 Å². The highest BCUT2D eigenvalue weighted by molar-refractivity contribution is 5.77. The number of aromatic nitrogens is 3. The van der Waals surface area contributed by atoms with Crippen LogP contribution in [0.15, 0.2) is 24.5 Å². The Morgan fingerprint density at radius 2 is 2.06 bits per heavy atom. The number of carbonyl (C=O) groups is 1. The summed E-state index contributed by atoms with van der Waals surface area (Å²) in [5, 5.41) is 0. The largest absolute Gasteiger partial charge is 0.345 e. The normalized spacial score (nSPS) is 10.4. The Morgan fingerprint density at radius 3 is 2.69 bits per heavy atom. The smallest absolute Gasteiger partial charge is 0.137 e. The summed E-state index contributed by atoms with van der Waals surface area (Å²) >= 11 is 0. The zero-order valence-corrected chi connectivity index (χ0v) is 9.32. The standard InChI is InChI=1S/C12H13N3O/c1-8(16)7-11-14-9(2)12(15-11)10-3-5-13-6-4-10/h3-6H,7H2,1-2H3,(H,14,15). The van der Waals surface area contributed by atoms with Crippen LogP contribution >= 0.6 is 0 Å². The number of H-pyrrole nitrogens is 1. The molecule has 0 radical (unpaired) electrons. The topological polar surface area (TPSA) is 58.6 Å². The Hall–Kier alpha value is -1.97. The molecule has 0 saturated carbocycles. The lowest BCUT2D eigenvalue weighted by Crippen LogP contribution is -1.98. The second-order valence-electron chi connectivity index (χ2n) is 3.77. The van der Waals surface area contributed by atoms with Gasteiger partial charge >= 0.3 is 0 Å². The SMILES string of the molecule is CC(=O)Cc1nc(-c2ccncc2)c(C)[nH]1. The zero-order chi connectivity index (χ0) is 11.5. The lowest BCUT2D eigenvalue weighted by Gasteiger charge is -1.95. The summed E-state index contributed by atoms with van der Waals surface area (Å²) in [7, 11) is 0. The van der Waals surface area contributed by atoms with E-state index in [9.17, 15) is 4.79 Å². The number of nitrogens with one attached hydrogen (secondary N) is 1. The van der Waals surface area contributed by atoms with Crippen molar-refractivity contribution in [3.8, 4) is 11.3 Å². The molecule has 0 saturated heterocycles. The predicted molar refractivity (Wildman–Crippen MR) is 60.9 cm³/mol. The number of aryl methyl sites for hydroxylation is 1. The number of hydrogen-bond acceptors (Lipinski definition) is 3. The number of rotatable bonds is 3. The molecule has 2 aromatic heterocycles. The molecule has 0 spiro atoms. The van der Waals surface area contributed by atoms with E-state index in [1.165, 1.54) is 0 Å². The maximum Gasteiger partial charge on any atom is 0.137 e. The lowest BCUT2D eigenvalue weighted by atomic mass is 10.2. The first-order valence-electron chi connectivity index (χ1n) is 5.12. The fourth-order valence-corrected chi connectivity index (χ4v) is 1.63. The predicted octanol–water partition coefficient (Wildman–Crippen LogP) is 1.91. The Morgan fingerprint density at radius 1 is 1.38 bits per heavy atom. The first-order valence-corrected chi connectivity index (χ1v) is 5.12. The number of imidazole rings is 1. The number of hydrogen-bond donors (Lipinski definition) is 1. The second kappa shape index (κ2) is 4.26. The zero-order valence-electron chi connectivity index (χ0n) is 9.32. The van der Waals surface area contributed by atoms with Crippen molar-refractivity contribution in [2.75, 3.05) is 0 Å². The van der Waals surface area contributed by atoms with Crippen LogP contribution in [0, 0.1) is 6.92 Å². The van der Waals surface area contributed by atoms with Crippen molar-refractivity contribution < 1.29 is 4.79 Å². The summed E-state index contributed by atoms with van der Waals surface area (Å²) < 4.78 is 0. The van der Waals surface area contributed by atoms with Gasteiger partial charge in [-0.2, -0.15) is 0 Å². The average Bonchev–Trinajstić information content (AvgIpc) is 2.60. The average molecular weight is 215 g/mol. The highest BCUT2D eigenvalue weighted by Crippen LogP contribution is 2.20. The Balaban J connectivity index is 2.36. The van der Waals surface area contributed by atoms with Gasteiger partial charge in [0, 0.05) is 23.7 Å². The minimum absolute atomic E-state index is 0.107. The third-order valence-electron chi connectivity index (χ3n) is 2.30. The van der Waals surface area contributed by atoms with Crippen LogP contribution in [0.2, 0.25) is 0 Å². The summed E-state index contributed by atoms with van der Waals surface area (Å²) in [6.45, 7) is 3.51. The summed E-state index contributed by atoms with van der Waals surface area (Å²) in [5.74, 6) is 0.826. The van der Waals surface area contributed by atoms with Crippen molar-refractivity contribution in [1.82, 2.24) is 15.0 Å². The van der Waals surface area contributed by atoms with Gasteiger partial charge in [0.1, 0.15) is 11.6 Å². The van der Waals surface area contributed by atoms with Gasteiger partial charge in [0.25, 0.3) is 0 Å². The van der Waals surface area contributed by atoms with Crippen molar-refractivity contribution in [3.05, 3.63) is 36.0 Å². The van der Waals surface area contributed by atoms with Crippen LogP contribution in [0.1, 0.15) is 18.4 Å². The lowest BCUT2D eigenvalue weighted by molar-refractivity contribution is -0.116. The van der Waals surface area contributed by atoms with Crippen LogP contribution < -0.4 is 0 Å². The monoisotopic (exact) mass is 215 g/mol. The molecule has 2 aromatic rings. The van der Waals surface area contributed by atoms with Gasteiger partial charge in [-0.15, -0.1) is 0 Å².